The van der Waals surface area contributed by atoms with Crippen molar-refractivity contribution >= 4 is 27.5 Å². The third kappa shape index (κ3) is 4.15. The zero-order valence-electron chi connectivity index (χ0n) is 10.3. The summed E-state index contributed by atoms with van der Waals surface area (Å²) >= 11 is 9.42. The number of ether oxygens (including phenoxy) is 2. The number of benzene rings is 1. The van der Waals surface area contributed by atoms with Crippen LogP contribution in [0.3, 0.4) is 0 Å². The minimum absolute atomic E-state index is 0.749. The van der Waals surface area contributed by atoms with Crippen molar-refractivity contribution in [3.8, 4) is 5.75 Å². The van der Waals surface area contributed by atoms with Crippen LogP contribution >= 0.6 is 27.5 Å². The molecule has 1 heterocycles. The van der Waals surface area contributed by atoms with Gasteiger partial charge in [0.05, 0.1) is 6.61 Å². The van der Waals surface area contributed by atoms with Crippen molar-refractivity contribution in [3.05, 3.63) is 28.8 Å². The van der Waals surface area contributed by atoms with Crippen LogP contribution in [0, 0.1) is 5.92 Å². The van der Waals surface area contributed by atoms with Crippen molar-refractivity contribution in [1.29, 1.82) is 0 Å². The summed E-state index contributed by atoms with van der Waals surface area (Å²) < 4.78 is 11.2. The number of alkyl halides is 1. The highest BCUT2D eigenvalue weighted by atomic mass is 79.9. The molecule has 2 rings (SSSR count). The van der Waals surface area contributed by atoms with E-state index in [2.05, 4.69) is 15.9 Å². The smallest absolute Gasteiger partial charge is 0.123 e. The molecule has 0 radical (unpaired) electrons. The maximum absolute atomic E-state index is 5.96. The Bertz CT molecular complexity index is 378. The van der Waals surface area contributed by atoms with Gasteiger partial charge < -0.3 is 9.47 Å². The fraction of sp³-hybridized carbons (Fsp3) is 0.571. The van der Waals surface area contributed by atoms with E-state index < -0.39 is 0 Å². The predicted octanol–water partition coefficient (Wildman–Crippen LogP) is 4.43. The van der Waals surface area contributed by atoms with Gasteiger partial charge in [0.2, 0.25) is 0 Å². The van der Waals surface area contributed by atoms with Gasteiger partial charge in [0.15, 0.2) is 0 Å². The first-order valence-corrected chi connectivity index (χ1v) is 7.84. The summed E-state index contributed by atoms with van der Waals surface area (Å²) in [5.41, 5.74) is 1.11. The minimum atomic E-state index is 0.749. The molecule has 1 saturated heterocycles. The standard InChI is InChI=1S/C14H18BrClO2/c15-10-12-9-13(16)1-2-14(12)18-8-5-11-3-6-17-7-4-11/h1-2,9,11H,3-8,10H2. The molecule has 1 aromatic carbocycles. The summed E-state index contributed by atoms with van der Waals surface area (Å²) in [5.74, 6) is 1.68. The van der Waals surface area contributed by atoms with E-state index in [9.17, 15) is 0 Å². The zero-order chi connectivity index (χ0) is 12.8. The molecule has 0 aromatic heterocycles. The molecule has 1 fully saturated rings. The van der Waals surface area contributed by atoms with E-state index in [4.69, 9.17) is 21.1 Å². The molecule has 0 atom stereocenters. The van der Waals surface area contributed by atoms with Gasteiger partial charge in [-0.1, -0.05) is 27.5 Å². The van der Waals surface area contributed by atoms with Gasteiger partial charge in [0, 0.05) is 29.1 Å². The van der Waals surface area contributed by atoms with Gasteiger partial charge in [-0.3, -0.25) is 0 Å². The number of hydrogen-bond donors (Lipinski definition) is 0. The molecule has 0 unspecified atom stereocenters. The number of rotatable bonds is 5. The van der Waals surface area contributed by atoms with E-state index in [0.717, 1.165) is 66.7 Å². The highest BCUT2D eigenvalue weighted by Gasteiger charge is 2.13. The molecule has 0 saturated carbocycles. The molecule has 18 heavy (non-hydrogen) atoms. The summed E-state index contributed by atoms with van der Waals surface area (Å²) in [6.07, 6.45) is 3.43. The van der Waals surface area contributed by atoms with E-state index in [1.54, 1.807) is 0 Å². The van der Waals surface area contributed by atoms with Crippen LogP contribution in [0.15, 0.2) is 18.2 Å². The Morgan fingerprint density at radius 1 is 1.33 bits per heavy atom. The molecular formula is C14H18BrClO2. The fourth-order valence-corrected chi connectivity index (χ4v) is 2.80. The molecular weight excluding hydrogens is 316 g/mol. The second-order valence-corrected chi connectivity index (χ2v) is 5.58. The Morgan fingerprint density at radius 2 is 2.11 bits per heavy atom. The van der Waals surface area contributed by atoms with Crippen LogP contribution in [0.1, 0.15) is 24.8 Å². The highest BCUT2D eigenvalue weighted by Crippen LogP contribution is 2.26. The largest absolute Gasteiger partial charge is 0.493 e. The zero-order valence-corrected chi connectivity index (χ0v) is 12.7. The molecule has 1 aromatic rings. The average molecular weight is 334 g/mol. The van der Waals surface area contributed by atoms with Gasteiger partial charge in [-0.25, -0.2) is 0 Å². The summed E-state index contributed by atoms with van der Waals surface area (Å²) in [7, 11) is 0. The normalized spacial score (nSPS) is 16.8. The molecule has 1 aliphatic rings. The molecule has 0 N–H and O–H groups in total. The van der Waals surface area contributed by atoms with Crippen molar-refractivity contribution < 1.29 is 9.47 Å². The summed E-state index contributed by atoms with van der Waals surface area (Å²) in [4.78, 5) is 0. The molecule has 4 heteroatoms. The fourth-order valence-electron chi connectivity index (χ4n) is 2.16. The summed E-state index contributed by atoms with van der Waals surface area (Å²) in [6, 6.07) is 5.76. The quantitative estimate of drug-likeness (QED) is 0.742. The van der Waals surface area contributed by atoms with Crippen LogP contribution in [0.25, 0.3) is 0 Å². The third-order valence-corrected chi connectivity index (χ3v) is 4.13. The Balaban J connectivity index is 1.82. The van der Waals surface area contributed by atoms with Gasteiger partial charge in [-0.15, -0.1) is 0 Å². The Hall–Kier alpha value is -0.250. The van der Waals surface area contributed by atoms with E-state index in [1.807, 2.05) is 18.2 Å². The van der Waals surface area contributed by atoms with Crippen LogP contribution in [-0.4, -0.2) is 19.8 Å². The Morgan fingerprint density at radius 3 is 2.83 bits per heavy atom. The van der Waals surface area contributed by atoms with Gasteiger partial charge in [-0.05, 0) is 43.4 Å². The van der Waals surface area contributed by atoms with E-state index in [1.165, 1.54) is 0 Å². The highest BCUT2D eigenvalue weighted by molar-refractivity contribution is 9.08. The van der Waals surface area contributed by atoms with Crippen molar-refractivity contribution in [1.82, 2.24) is 0 Å². The van der Waals surface area contributed by atoms with Gasteiger partial charge in [0.1, 0.15) is 5.75 Å². The minimum Gasteiger partial charge on any atom is -0.493 e. The lowest BCUT2D eigenvalue weighted by Crippen LogP contribution is -2.17. The number of hydrogen-bond acceptors (Lipinski definition) is 2. The van der Waals surface area contributed by atoms with Crippen LogP contribution in [0.2, 0.25) is 5.02 Å². The Kier molecular flexibility index (Phi) is 5.80. The van der Waals surface area contributed by atoms with Crippen molar-refractivity contribution in [2.24, 2.45) is 5.92 Å². The molecule has 0 aliphatic carbocycles. The van der Waals surface area contributed by atoms with Crippen molar-refractivity contribution in [2.75, 3.05) is 19.8 Å². The molecule has 0 bridgehead atoms. The lowest BCUT2D eigenvalue weighted by atomic mass is 9.97. The maximum atomic E-state index is 5.96. The van der Waals surface area contributed by atoms with Gasteiger partial charge >= 0.3 is 0 Å². The Labute approximate surface area is 122 Å². The monoisotopic (exact) mass is 332 g/mol. The first-order chi connectivity index (χ1) is 8.79. The first kappa shape index (κ1) is 14.2. The molecule has 0 spiro atoms. The lowest BCUT2D eigenvalue weighted by Gasteiger charge is -2.22. The topological polar surface area (TPSA) is 18.5 Å². The van der Waals surface area contributed by atoms with Crippen LogP contribution in [0.4, 0.5) is 0 Å². The predicted molar refractivity (Wildman–Crippen MR) is 77.7 cm³/mol. The number of halogens is 2. The van der Waals surface area contributed by atoms with E-state index >= 15 is 0 Å². The summed E-state index contributed by atoms with van der Waals surface area (Å²) in [6.45, 7) is 2.57. The maximum Gasteiger partial charge on any atom is 0.123 e. The van der Waals surface area contributed by atoms with Crippen LogP contribution < -0.4 is 4.74 Å². The van der Waals surface area contributed by atoms with E-state index in [0.29, 0.717) is 0 Å². The van der Waals surface area contributed by atoms with Gasteiger partial charge in [0.25, 0.3) is 0 Å². The molecule has 100 valence electrons. The second kappa shape index (κ2) is 7.37. The SMILES string of the molecule is Clc1ccc(OCCC2CCOCC2)c(CBr)c1. The first-order valence-electron chi connectivity index (χ1n) is 6.34. The molecule has 2 nitrogen and oxygen atoms in total. The average Bonchev–Trinajstić information content (AvgIpc) is 2.41. The molecule has 1 aliphatic heterocycles. The van der Waals surface area contributed by atoms with Crippen molar-refractivity contribution in [3.63, 3.8) is 0 Å². The third-order valence-electron chi connectivity index (χ3n) is 3.29. The lowest BCUT2D eigenvalue weighted by molar-refractivity contribution is 0.0593. The van der Waals surface area contributed by atoms with Gasteiger partial charge in [-0.2, -0.15) is 0 Å². The van der Waals surface area contributed by atoms with Crippen LogP contribution in [-0.2, 0) is 10.1 Å². The van der Waals surface area contributed by atoms with Crippen molar-refractivity contribution in [2.45, 2.75) is 24.6 Å². The van der Waals surface area contributed by atoms with E-state index in [-0.39, 0.29) is 0 Å². The molecule has 0 amide bonds. The second-order valence-electron chi connectivity index (χ2n) is 4.58. The van der Waals surface area contributed by atoms with Crippen LogP contribution in [0.5, 0.6) is 5.75 Å². The summed E-state index contributed by atoms with van der Waals surface area (Å²) in [5, 5.41) is 1.52.